The zero-order valence-corrected chi connectivity index (χ0v) is 10.6. The second kappa shape index (κ2) is 3.34. The van der Waals surface area contributed by atoms with Gasteiger partial charge in [-0.3, -0.25) is 0 Å². The van der Waals surface area contributed by atoms with Crippen molar-refractivity contribution in [1.82, 2.24) is 0 Å². The molecule has 1 rings (SSSR count). The molecule has 0 saturated heterocycles. The summed E-state index contributed by atoms with van der Waals surface area (Å²) in [6, 6.07) is 0. The van der Waals surface area contributed by atoms with Gasteiger partial charge in [0.05, 0.1) is 0 Å². The summed E-state index contributed by atoms with van der Waals surface area (Å²) in [5.74, 6) is 2.49. The SMILES string of the molecule is CC(C)(C)C1=C(C(C)(C)C)CSC1. The fourth-order valence-corrected chi connectivity index (χ4v) is 3.49. The van der Waals surface area contributed by atoms with Gasteiger partial charge in [0.15, 0.2) is 0 Å². The van der Waals surface area contributed by atoms with Crippen LogP contribution in [0.1, 0.15) is 41.5 Å². The van der Waals surface area contributed by atoms with Crippen LogP contribution < -0.4 is 0 Å². The highest BCUT2D eigenvalue weighted by Gasteiger charge is 2.31. The molecule has 13 heavy (non-hydrogen) atoms. The standard InChI is InChI=1S/C12H22S/c1-11(2,3)9-7-13-8-10(9)12(4,5)6/h7-8H2,1-6H3. The highest BCUT2D eigenvalue weighted by atomic mass is 32.2. The van der Waals surface area contributed by atoms with Crippen LogP contribution in [0.25, 0.3) is 0 Å². The average molecular weight is 198 g/mol. The van der Waals surface area contributed by atoms with E-state index in [9.17, 15) is 0 Å². The van der Waals surface area contributed by atoms with Crippen LogP contribution in [0.4, 0.5) is 0 Å². The molecule has 1 heterocycles. The molecule has 0 aliphatic carbocycles. The second-order valence-corrected chi connectivity index (χ2v) is 6.94. The third-order valence-electron chi connectivity index (χ3n) is 2.67. The Morgan fingerprint density at radius 1 is 0.769 bits per heavy atom. The normalized spacial score (nSPS) is 19.8. The van der Waals surface area contributed by atoms with Gasteiger partial charge in [0.2, 0.25) is 0 Å². The summed E-state index contributed by atoms with van der Waals surface area (Å²) in [7, 11) is 0. The van der Waals surface area contributed by atoms with Crippen LogP contribution in [-0.2, 0) is 0 Å². The van der Waals surface area contributed by atoms with E-state index >= 15 is 0 Å². The predicted octanol–water partition coefficient (Wildman–Crippen LogP) is 4.12. The van der Waals surface area contributed by atoms with E-state index in [4.69, 9.17) is 0 Å². The van der Waals surface area contributed by atoms with Crippen LogP contribution in [0.5, 0.6) is 0 Å². The lowest BCUT2D eigenvalue weighted by Crippen LogP contribution is -2.18. The maximum atomic E-state index is 2.33. The molecule has 0 aromatic rings. The fraction of sp³-hybridized carbons (Fsp3) is 0.833. The van der Waals surface area contributed by atoms with E-state index in [0.29, 0.717) is 10.8 Å². The molecule has 0 radical (unpaired) electrons. The highest BCUT2D eigenvalue weighted by molar-refractivity contribution is 7.99. The van der Waals surface area contributed by atoms with Crippen molar-refractivity contribution in [2.45, 2.75) is 41.5 Å². The molecule has 1 heteroatoms. The van der Waals surface area contributed by atoms with Gasteiger partial charge in [-0.2, -0.15) is 11.8 Å². The Kier molecular flexibility index (Phi) is 2.87. The first-order valence-corrected chi connectivity index (χ1v) is 6.19. The van der Waals surface area contributed by atoms with Crippen LogP contribution in [0, 0.1) is 10.8 Å². The summed E-state index contributed by atoms with van der Waals surface area (Å²) in [5, 5.41) is 0. The molecular weight excluding hydrogens is 176 g/mol. The Labute approximate surface area is 87.2 Å². The molecule has 0 nitrogen and oxygen atoms in total. The van der Waals surface area contributed by atoms with Crippen LogP contribution >= 0.6 is 11.8 Å². The highest BCUT2D eigenvalue weighted by Crippen LogP contribution is 2.43. The molecule has 76 valence electrons. The molecule has 0 unspecified atom stereocenters. The van der Waals surface area contributed by atoms with E-state index in [1.807, 2.05) is 0 Å². The first-order valence-electron chi connectivity index (χ1n) is 5.03. The van der Waals surface area contributed by atoms with Crippen molar-refractivity contribution in [3.05, 3.63) is 11.1 Å². The summed E-state index contributed by atoms with van der Waals surface area (Å²) in [4.78, 5) is 0. The maximum absolute atomic E-state index is 2.33. The molecule has 0 fully saturated rings. The monoisotopic (exact) mass is 198 g/mol. The van der Waals surface area contributed by atoms with Gasteiger partial charge in [0.1, 0.15) is 0 Å². The number of hydrogen-bond donors (Lipinski definition) is 0. The Morgan fingerprint density at radius 2 is 1.08 bits per heavy atom. The zero-order valence-electron chi connectivity index (χ0n) is 9.82. The minimum Gasteiger partial charge on any atom is -0.153 e. The number of rotatable bonds is 0. The number of thioether (sulfide) groups is 1. The van der Waals surface area contributed by atoms with Crippen molar-refractivity contribution < 1.29 is 0 Å². The van der Waals surface area contributed by atoms with Crippen LogP contribution in [0.2, 0.25) is 0 Å². The molecule has 0 N–H and O–H groups in total. The summed E-state index contributed by atoms with van der Waals surface area (Å²) in [6.07, 6.45) is 0. The van der Waals surface area contributed by atoms with Crippen LogP contribution in [0.3, 0.4) is 0 Å². The van der Waals surface area contributed by atoms with Crippen molar-refractivity contribution in [3.63, 3.8) is 0 Å². The average Bonchev–Trinajstić information content (AvgIpc) is 2.27. The zero-order chi connectivity index (χ0) is 10.3. The minimum absolute atomic E-state index is 0.367. The van der Waals surface area contributed by atoms with E-state index in [-0.39, 0.29) is 0 Å². The number of hydrogen-bond acceptors (Lipinski definition) is 1. The molecular formula is C12H22S. The van der Waals surface area contributed by atoms with Crippen molar-refractivity contribution in [3.8, 4) is 0 Å². The van der Waals surface area contributed by atoms with Gasteiger partial charge < -0.3 is 0 Å². The largest absolute Gasteiger partial charge is 0.153 e. The van der Waals surface area contributed by atoms with E-state index in [1.54, 1.807) is 11.1 Å². The topological polar surface area (TPSA) is 0 Å². The van der Waals surface area contributed by atoms with Crippen molar-refractivity contribution in [2.75, 3.05) is 11.5 Å². The molecule has 0 aromatic carbocycles. The predicted molar refractivity (Wildman–Crippen MR) is 63.3 cm³/mol. The summed E-state index contributed by atoms with van der Waals surface area (Å²) in [6.45, 7) is 14.0. The summed E-state index contributed by atoms with van der Waals surface area (Å²) < 4.78 is 0. The van der Waals surface area contributed by atoms with E-state index in [2.05, 4.69) is 53.3 Å². The Hall–Kier alpha value is 0.0900. The van der Waals surface area contributed by atoms with E-state index < -0.39 is 0 Å². The molecule has 0 amide bonds. The fourth-order valence-electron chi connectivity index (χ4n) is 1.77. The minimum atomic E-state index is 0.367. The smallest absolute Gasteiger partial charge is 0.0154 e. The second-order valence-electron chi connectivity index (χ2n) is 5.95. The van der Waals surface area contributed by atoms with Gasteiger partial charge in [-0.05, 0) is 10.8 Å². The lowest BCUT2D eigenvalue weighted by atomic mass is 9.76. The molecule has 0 spiro atoms. The first-order chi connectivity index (χ1) is 5.73. The summed E-state index contributed by atoms with van der Waals surface area (Å²) in [5.41, 5.74) is 4.10. The third kappa shape index (κ3) is 2.52. The molecule has 0 saturated carbocycles. The van der Waals surface area contributed by atoms with E-state index in [0.717, 1.165) is 0 Å². The van der Waals surface area contributed by atoms with Crippen molar-refractivity contribution >= 4 is 11.8 Å². The van der Waals surface area contributed by atoms with Gasteiger partial charge in [0, 0.05) is 11.5 Å². The first kappa shape index (κ1) is 11.2. The molecule has 0 bridgehead atoms. The van der Waals surface area contributed by atoms with Gasteiger partial charge in [-0.25, -0.2) is 0 Å². The van der Waals surface area contributed by atoms with Crippen LogP contribution in [-0.4, -0.2) is 11.5 Å². The third-order valence-corrected chi connectivity index (χ3v) is 3.65. The van der Waals surface area contributed by atoms with Crippen LogP contribution in [0.15, 0.2) is 11.1 Å². The quantitative estimate of drug-likeness (QED) is 0.528. The van der Waals surface area contributed by atoms with Gasteiger partial charge in [0.25, 0.3) is 0 Å². The molecule has 0 aromatic heterocycles. The molecule has 1 aliphatic rings. The Morgan fingerprint density at radius 3 is 1.31 bits per heavy atom. The lowest BCUT2D eigenvalue weighted by Gasteiger charge is -2.28. The van der Waals surface area contributed by atoms with Gasteiger partial charge >= 0.3 is 0 Å². The van der Waals surface area contributed by atoms with Crippen molar-refractivity contribution in [2.24, 2.45) is 10.8 Å². The lowest BCUT2D eigenvalue weighted by molar-refractivity contribution is 0.452. The maximum Gasteiger partial charge on any atom is 0.0154 e. The molecule has 1 aliphatic heterocycles. The van der Waals surface area contributed by atoms with Gasteiger partial charge in [-0.1, -0.05) is 52.7 Å². The Balaban J connectivity index is 3.04. The summed E-state index contributed by atoms with van der Waals surface area (Å²) >= 11 is 2.07. The molecule has 0 atom stereocenters. The van der Waals surface area contributed by atoms with Gasteiger partial charge in [-0.15, -0.1) is 0 Å². The Bertz CT molecular complexity index is 198. The van der Waals surface area contributed by atoms with Crippen molar-refractivity contribution in [1.29, 1.82) is 0 Å². The van der Waals surface area contributed by atoms with E-state index in [1.165, 1.54) is 11.5 Å².